The lowest BCUT2D eigenvalue weighted by atomic mass is 10.00. The van der Waals surface area contributed by atoms with E-state index in [1.165, 1.54) is 0 Å². The van der Waals surface area contributed by atoms with Crippen LogP contribution in [-0.4, -0.2) is 78.8 Å². The highest BCUT2D eigenvalue weighted by atomic mass is 16.5. The number of hydrogen-bond acceptors (Lipinski definition) is 6. The number of rotatable bonds is 5. The van der Waals surface area contributed by atoms with Crippen molar-refractivity contribution in [2.45, 2.75) is 26.0 Å². The zero-order chi connectivity index (χ0) is 23.3. The van der Waals surface area contributed by atoms with E-state index < -0.39 is 0 Å². The number of aromatic nitrogens is 1. The van der Waals surface area contributed by atoms with Crippen molar-refractivity contribution >= 4 is 5.91 Å². The maximum absolute atomic E-state index is 13.4. The molecule has 0 saturated heterocycles. The third-order valence-corrected chi connectivity index (χ3v) is 5.51. The summed E-state index contributed by atoms with van der Waals surface area (Å²) in [6.45, 7) is 4.96. The molecule has 32 heavy (non-hydrogen) atoms. The number of carbonyl (C=O) groups is 1. The molecule has 7 nitrogen and oxygen atoms in total. The Morgan fingerprint density at radius 2 is 1.97 bits per heavy atom. The SMILES string of the molecule is COc1ccc(C#Cc2cnc3c(c2)C(=O)N([C@H](C)CO)C[C@@H](C)[C@H](CN(C)C)O3)cc1. The van der Waals surface area contributed by atoms with E-state index in [1.807, 2.05) is 45.3 Å². The molecule has 0 bridgehead atoms. The predicted molar refractivity (Wildman–Crippen MR) is 123 cm³/mol. The Labute approximate surface area is 190 Å². The second-order valence-electron chi connectivity index (χ2n) is 8.44. The maximum atomic E-state index is 13.4. The number of carbonyl (C=O) groups excluding carboxylic acids is 1. The summed E-state index contributed by atoms with van der Waals surface area (Å²) in [5, 5.41) is 9.73. The number of aliphatic hydroxyl groups excluding tert-OH is 1. The van der Waals surface area contributed by atoms with Crippen molar-refractivity contribution in [1.29, 1.82) is 0 Å². The van der Waals surface area contributed by atoms with Gasteiger partial charge in [0.05, 0.1) is 19.8 Å². The fourth-order valence-electron chi connectivity index (χ4n) is 3.57. The Bertz CT molecular complexity index is 994. The molecule has 0 saturated carbocycles. The Balaban J connectivity index is 1.97. The smallest absolute Gasteiger partial charge is 0.259 e. The summed E-state index contributed by atoms with van der Waals surface area (Å²) >= 11 is 0. The van der Waals surface area contributed by atoms with Gasteiger partial charge in [-0.15, -0.1) is 0 Å². The first kappa shape index (κ1) is 23.6. The van der Waals surface area contributed by atoms with Crippen LogP contribution in [0.4, 0.5) is 0 Å². The van der Waals surface area contributed by atoms with E-state index in [-0.39, 0.29) is 30.6 Å². The molecular weight excluding hydrogens is 406 g/mol. The summed E-state index contributed by atoms with van der Waals surface area (Å²) in [5.74, 6) is 7.10. The molecule has 2 aromatic rings. The molecule has 0 aliphatic carbocycles. The first-order chi connectivity index (χ1) is 15.3. The number of fused-ring (bicyclic) bond motifs is 1. The number of aliphatic hydroxyl groups is 1. The number of nitrogens with zero attached hydrogens (tertiary/aromatic N) is 3. The van der Waals surface area contributed by atoms with Crippen LogP contribution in [-0.2, 0) is 0 Å². The minimum absolute atomic E-state index is 0.0693. The van der Waals surface area contributed by atoms with Gasteiger partial charge in [0.25, 0.3) is 5.91 Å². The molecule has 0 fully saturated rings. The van der Waals surface area contributed by atoms with Crippen molar-refractivity contribution in [3.05, 3.63) is 53.2 Å². The fraction of sp³-hybridized carbons (Fsp3) is 0.440. The van der Waals surface area contributed by atoms with Crippen molar-refractivity contribution in [3.8, 4) is 23.5 Å². The first-order valence-electron chi connectivity index (χ1n) is 10.7. The predicted octanol–water partition coefficient (Wildman–Crippen LogP) is 2.27. The lowest BCUT2D eigenvalue weighted by Crippen LogP contribution is -2.49. The number of amides is 1. The number of ether oxygens (including phenoxy) is 2. The summed E-state index contributed by atoms with van der Waals surface area (Å²) in [7, 11) is 5.59. The van der Waals surface area contributed by atoms with Gasteiger partial charge >= 0.3 is 0 Å². The van der Waals surface area contributed by atoms with Gasteiger partial charge < -0.3 is 24.4 Å². The van der Waals surface area contributed by atoms with Crippen molar-refractivity contribution in [2.75, 3.05) is 40.9 Å². The van der Waals surface area contributed by atoms with E-state index in [4.69, 9.17) is 9.47 Å². The molecule has 170 valence electrons. The molecule has 3 atom stereocenters. The molecule has 3 rings (SSSR count). The van der Waals surface area contributed by atoms with E-state index in [9.17, 15) is 9.90 Å². The van der Waals surface area contributed by atoms with Crippen molar-refractivity contribution in [3.63, 3.8) is 0 Å². The average Bonchev–Trinajstić information content (AvgIpc) is 2.79. The maximum Gasteiger partial charge on any atom is 0.259 e. The normalized spacial score (nSPS) is 19.2. The van der Waals surface area contributed by atoms with Gasteiger partial charge in [0.2, 0.25) is 5.88 Å². The van der Waals surface area contributed by atoms with Crippen LogP contribution in [0, 0.1) is 17.8 Å². The first-order valence-corrected chi connectivity index (χ1v) is 10.7. The molecule has 1 aromatic heterocycles. The summed E-state index contributed by atoms with van der Waals surface area (Å²) < 4.78 is 11.4. The molecule has 1 aromatic carbocycles. The minimum Gasteiger partial charge on any atom is -0.497 e. The van der Waals surface area contributed by atoms with E-state index in [1.54, 1.807) is 24.3 Å². The van der Waals surface area contributed by atoms with Gasteiger partial charge in [-0.3, -0.25) is 4.79 Å². The molecule has 1 aliphatic rings. The Morgan fingerprint density at radius 1 is 1.28 bits per heavy atom. The van der Waals surface area contributed by atoms with Gasteiger partial charge in [-0.05, 0) is 51.4 Å². The van der Waals surface area contributed by atoms with Crippen LogP contribution in [0.1, 0.15) is 35.3 Å². The summed E-state index contributed by atoms with van der Waals surface area (Å²) in [6.07, 6.45) is 1.48. The monoisotopic (exact) mass is 437 g/mol. The van der Waals surface area contributed by atoms with Crippen LogP contribution in [0.25, 0.3) is 0 Å². The summed E-state index contributed by atoms with van der Waals surface area (Å²) in [5.41, 5.74) is 1.81. The Morgan fingerprint density at radius 3 is 2.59 bits per heavy atom. The van der Waals surface area contributed by atoms with E-state index in [0.29, 0.717) is 30.1 Å². The summed E-state index contributed by atoms with van der Waals surface area (Å²) in [6, 6.07) is 8.85. The van der Waals surface area contributed by atoms with Gasteiger partial charge in [-0.25, -0.2) is 4.98 Å². The molecule has 1 N–H and O–H groups in total. The molecule has 0 unspecified atom stereocenters. The minimum atomic E-state index is -0.315. The molecule has 1 amide bonds. The van der Waals surface area contributed by atoms with Gasteiger partial charge in [0, 0.05) is 36.3 Å². The van der Waals surface area contributed by atoms with Gasteiger partial charge in [-0.2, -0.15) is 0 Å². The zero-order valence-electron chi connectivity index (χ0n) is 19.3. The highest BCUT2D eigenvalue weighted by Crippen LogP contribution is 2.27. The summed E-state index contributed by atoms with van der Waals surface area (Å²) in [4.78, 5) is 21.6. The van der Waals surface area contributed by atoms with E-state index >= 15 is 0 Å². The van der Waals surface area contributed by atoms with Crippen LogP contribution >= 0.6 is 0 Å². The van der Waals surface area contributed by atoms with Crippen LogP contribution in [0.2, 0.25) is 0 Å². The zero-order valence-corrected chi connectivity index (χ0v) is 19.3. The van der Waals surface area contributed by atoms with E-state index in [0.717, 1.165) is 11.3 Å². The van der Waals surface area contributed by atoms with Crippen LogP contribution < -0.4 is 9.47 Å². The third-order valence-electron chi connectivity index (χ3n) is 5.51. The second kappa shape index (κ2) is 10.5. The lowest BCUT2D eigenvalue weighted by Gasteiger charge is -2.37. The molecule has 0 radical (unpaired) electrons. The molecule has 7 heteroatoms. The highest BCUT2D eigenvalue weighted by molar-refractivity contribution is 5.97. The van der Waals surface area contributed by atoms with Crippen LogP contribution in [0.15, 0.2) is 36.5 Å². The van der Waals surface area contributed by atoms with E-state index in [2.05, 4.69) is 28.6 Å². The number of benzene rings is 1. The number of hydrogen-bond donors (Lipinski definition) is 1. The number of likely N-dealkylation sites (N-methyl/N-ethyl adjacent to an activating group) is 1. The molecule has 1 aliphatic heterocycles. The standard InChI is InChI=1S/C25H31N3O4/c1-17-14-28(18(2)16-29)25(30)22-12-20(7-6-19-8-10-21(31-5)11-9-19)13-26-24(22)32-23(17)15-27(3)4/h8-13,17-18,23,29H,14-16H2,1-5H3/t17-,18-,23+/m1/s1. The number of pyridine rings is 1. The van der Waals surface area contributed by atoms with Gasteiger partial charge in [0.1, 0.15) is 17.4 Å². The lowest BCUT2D eigenvalue weighted by molar-refractivity contribution is 0.0348. The quantitative estimate of drug-likeness (QED) is 0.724. The molecule has 2 heterocycles. The topological polar surface area (TPSA) is 75.1 Å². The Hall–Kier alpha value is -3.08. The van der Waals surface area contributed by atoms with Crippen LogP contribution in [0.5, 0.6) is 11.6 Å². The van der Waals surface area contributed by atoms with Crippen molar-refractivity contribution < 1.29 is 19.4 Å². The third kappa shape index (κ3) is 5.58. The van der Waals surface area contributed by atoms with Crippen molar-refractivity contribution in [1.82, 2.24) is 14.8 Å². The highest BCUT2D eigenvalue weighted by Gasteiger charge is 2.33. The Kier molecular flexibility index (Phi) is 7.73. The van der Waals surface area contributed by atoms with Gasteiger partial charge in [0.15, 0.2) is 0 Å². The second-order valence-corrected chi connectivity index (χ2v) is 8.44. The van der Waals surface area contributed by atoms with Crippen LogP contribution in [0.3, 0.4) is 0 Å². The molecule has 0 spiro atoms. The van der Waals surface area contributed by atoms with Crippen molar-refractivity contribution in [2.24, 2.45) is 5.92 Å². The average molecular weight is 438 g/mol. The molecular formula is C25H31N3O4. The number of methoxy groups -OCH3 is 1. The fourth-order valence-corrected chi connectivity index (χ4v) is 3.57. The largest absolute Gasteiger partial charge is 0.497 e. The van der Waals surface area contributed by atoms with Gasteiger partial charge in [-0.1, -0.05) is 18.8 Å².